The average molecular weight is 347 g/mol. The normalized spacial score (nSPS) is 19.0. The monoisotopic (exact) mass is 347 g/mol. The third-order valence-electron chi connectivity index (χ3n) is 5.12. The lowest BCUT2D eigenvalue weighted by molar-refractivity contribution is 0.140. The van der Waals surface area contributed by atoms with Gasteiger partial charge >= 0.3 is 6.03 Å². The molecule has 0 bridgehead atoms. The van der Waals surface area contributed by atoms with Crippen molar-refractivity contribution in [2.45, 2.75) is 38.6 Å². The molecule has 0 unspecified atom stereocenters. The minimum atomic E-state index is -0.0347. The Labute approximate surface area is 150 Å². The lowest BCUT2D eigenvalue weighted by atomic mass is 10.0. The van der Waals surface area contributed by atoms with Crippen molar-refractivity contribution >= 4 is 11.7 Å². The summed E-state index contributed by atoms with van der Waals surface area (Å²) >= 11 is 0. The molecule has 2 aliphatic heterocycles. The van der Waals surface area contributed by atoms with Gasteiger partial charge in [-0.05, 0) is 57.8 Å². The number of hydrogen-bond acceptors (Lipinski definition) is 4. The molecule has 2 fully saturated rings. The van der Waals surface area contributed by atoms with Crippen molar-refractivity contribution in [2.24, 2.45) is 0 Å². The largest absolute Gasteiger partial charge is 0.493 e. The third-order valence-corrected chi connectivity index (χ3v) is 5.12. The summed E-state index contributed by atoms with van der Waals surface area (Å²) in [5.74, 6) is 1.32. The summed E-state index contributed by atoms with van der Waals surface area (Å²) in [6.07, 6.45) is 4.78. The Morgan fingerprint density at radius 2 is 1.88 bits per heavy atom. The van der Waals surface area contributed by atoms with Gasteiger partial charge in [-0.2, -0.15) is 0 Å². The highest BCUT2D eigenvalue weighted by molar-refractivity contribution is 5.89. The number of urea groups is 1. The van der Waals surface area contributed by atoms with Crippen molar-refractivity contribution in [3.8, 4) is 11.5 Å². The van der Waals surface area contributed by atoms with Gasteiger partial charge in [0.05, 0.1) is 13.7 Å². The molecule has 1 N–H and O–H groups in total. The van der Waals surface area contributed by atoms with Crippen LogP contribution in [0, 0.1) is 0 Å². The minimum Gasteiger partial charge on any atom is -0.493 e. The van der Waals surface area contributed by atoms with Gasteiger partial charge in [-0.3, -0.25) is 0 Å². The predicted octanol–water partition coefficient (Wildman–Crippen LogP) is 3.19. The Morgan fingerprint density at radius 1 is 1.16 bits per heavy atom. The highest BCUT2D eigenvalue weighted by Gasteiger charge is 2.28. The topological polar surface area (TPSA) is 54.0 Å². The Hall–Kier alpha value is -1.95. The second kappa shape index (κ2) is 8.43. The molecule has 0 radical (unpaired) electrons. The molecule has 2 amide bonds. The molecule has 25 heavy (non-hydrogen) atoms. The fourth-order valence-electron chi connectivity index (χ4n) is 3.77. The van der Waals surface area contributed by atoms with Crippen LogP contribution in [0.2, 0.25) is 0 Å². The lowest BCUT2D eigenvalue weighted by Crippen LogP contribution is -2.47. The first-order valence-electron chi connectivity index (χ1n) is 9.32. The number of nitrogens with zero attached hydrogens (tertiary/aromatic N) is 2. The Balaban J connectivity index is 1.54. The van der Waals surface area contributed by atoms with Crippen molar-refractivity contribution in [1.82, 2.24) is 9.80 Å². The first-order chi connectivity index (χ1) is 12.2. The SMILES string of the molecule is CCOc1cc(NC(=O)N2CCC(N3CCCC3)CC2)ccc1OC. The number of nitrogens with one attached hydrogen (secondary N) is 1. The minimum absolute atomic E-state index is 0.0347. The van der Waals surface area contributed by atoms with E-state index in [0.29, 0.717) is 24.1 Å². The van der Waals surface area contributed by atoms with Crippen molar-refractivity contribution in [3.05, 3.63) is 18.2 Å². The van der Waals surface area contributed by atoms with E-state index < -0.39 is 0 Å². The van der Waals surface area contributed by atoms with E-state index in [1.165, 1.54) is 25.9 Å². The Morgan fingerprint density at radius 3 is 2.52 bits per heavy atom. The standard InChI is InChI=1S/C19H29N3O3/c1-3-25-18-14-15(6-7-17(18)24-2)20-19(23)22-12-8-16(9-13-22)21-10-4-5-11-21/h6-7,14,16H,3-5,8-13H2,1-2H3,(H,20,23). The highest BCUT2D eigenvalue weighted by atomic mass is 16.5. The van der Waals surface area contributed by atoms with Gasteiger partial charge in [-0.15, -0.1) is 0 Å². The number of anilines is 1. The molecule has 6 heteroatoms. The van der Waals surface area contributed by atoms with Crippen LogP contribution in [-0.4, -0.2) is 61.8 Å². The number of carbonyl (C=O) groups is 1. The molecule has 138 valence electrons. The molecule has 1 aromatic carbocycles. The number of hydrogen-bond donors (Lipinski definition) is 1. The van der Waals surface area contributed by atoms with Crippen LogP contribution in [0.15, 0.2) is 18.2 Å². The van der Waals surface area contributed by atoms with Gasteiger partial charge in [0.2, 0.25) is 0 Å². The van der Waals surface area contributed by atoms with E-state index in [-0.39, 0.29) is 6.03 Å². The summed E-state index contributed by atoms with van der Waals surface area (Å²) in [6, 6.07) is 6.10. The summed E-state index contributed by atoms with van der Waals surface area (Å²) < 4.78 is 10.9. The van der Waals surface area contributed by atoms with E-state index in [9.17, 15) is 4.79 Å². The van der Waals surface area contributed by atoms with Gasteiger partial charge in [0.1, 0.15) is 0 Å². The lowest BCUT2D eigenvalue weighted by Gasteiger charge is -2.36. The molecule has 2 heterocycles. The quantitative estimate of drug-likeness (QED) is 0.889. The van der Waals surface area contributed by atoms with Crippen molar-refractivity contribution in [2.75, 3.05) is 45.2 Å². The molecule has 3 rings (SSSR count). The first-order valence-corrected chi connectivity index (χ1v) is 9.32. The van der Waals surface area contributed by atoms with E-state index in [1.54, 1.807) is 7.11 Å². The average Bonchev–Trinajstić information content (AvgIpc) is 3.17. The smallest absolute Gasteiger partial charge is 0.321 e. The molecular formula is C19H29N3O3. The third kappa shape index (κ3) is 4.37. The maximum absolute atomic E-state index is 12.5. The molecule has 0 aliphatic carbocycles. The zero-order valence-electron chi connectivity index (χ0n) is 15.3. The maximum Gasteiger partial charge on any atom is 0.321 e. The number of carbonyl (C=O) groups excluding carboxylic acids is 1. The number of rotatable bonds is 5. The summed E-state index contributed by atoms with van der Waals surface area (Å²) in [5, 5.41) is 2.98. The Bertz CT molecular complexity index is 579. The zero-order valence-corrected chi connectivity index (χ0v) is 15.3. The van der Waals surface area contributed by atoms with Crippen LogP contribution < -0.4 is 14.8 Å². The highest BCUT2D eigenvalue weighted by Crippen LogP contribution is 2.30. The summed E-state index contributed by atoms with van der Waals surface area (Å²) in [6.45, 7) is 6.57. The fourth-order valence-corrected chi connectivity index (χ4v) is 3.77. The molecule has 2 saturated heterocycles. The van der Waals surface area contributed by atoms with Crippen molar-refractivity contribution < 1.29 is 14.3 Å². The van der Waals surface area contributed by atoms with E-state index in [0.717, 1.165) is 31.6 Å². The molecule has 0 aromatic heterocycles. The van der Waals surface area contributed by atoms with Crippen molar-refractivity contribution in [3.63, 3.8) is 0 Å². The summed E-state index contributed by atoms with van der Waals surface area (Å²) in [4.78, 5) is 17.1. The number of ether oxygens (including phenoxy) is 2. The van der Waals surface area contributed by atoms with E-state index in [1.807, 2.05) is 30.0 Å². The van der Waals surface area contributed by atoms with E-state index >= 15 is 0 Å². The number of benzene rings is 1. The summed E-state index contributed by atoms with van der Waals surface area (Å²) in [5.41, 5.74) is 0.732. The Kier molecular flexibility index (Phi) is 6.02. The number of amides is 2. The van der Waals surface area contributed by atoms with Crippen LogP contribution in [0.1, 0.15) is 32.6 Å². The predicted molar refractivity (Wildman–Crippen MR) is 98.6 cm³/mol. The molecule has 0 saturated carbocycles. The fraction of sp³-hybridized carbons (Fsp3) is 0.632. The van der Waals surface area contributed by atoms with Gasteiger partial charge in [-0.25, -0.2) is 4.79 Å². The van der Waals surface area contributed by atoms with Crippen LogP contribution in [0.5, 0.6) is 11.5 Å². The maximum atomic E-state index is 12.5. The van der Waals surface area contributed by atoms with Crippen LogP contribution in [0.25, 0.3) is 0 Å². The molecule has 6 nitrogen and oxygen atoms in total. The zero-order chi connectivity index (χ0) is 17.6. The van der Waals surface area contributed by atoms with Crippen LogP contribution in [0.3, 0.4) is 0 Å². The number of piperidine rings is 1. The first kappa shape index (κ1) is 17.9. The summed E-state index contributed by atoms with van der Waals surface area (Å²) in [7, 11) is 1.61. The van der Waals surface area contributed by atoms with Crippen LogP contribution in [-0.2, 0) is 0 Å². The molecule has 1 aromatic rings. The van der Waals surface area contributed by atoms with Gasteiger partial charge in [-0.1, -0.05) is 0 Å². The number of likely N-dealkylation sites (tertiary alicyclic amines) is 2. The van der Waals surface area contributed by atoms with Gasteiger partial charge < -0.3 is 24.6 Å². The van der Waals surface area contributed by atoms with Gasteiger partial charge in [0.15, 0.2) is 11.5 Å². The molecule has 0 atom stereocenters. The van der Waals surface area contributed by atoms with E-state index in [4.69, 9.17) is 9.47 Å². The number of methoxy groups -OCH3 is 1. The second-order valence-corrected chi connectivity index (χ2v) is 6.69. The molecule has 0 spiro atoms. The van der Waals surface area contributed by atoms with Gasteiger partial charge in [0, 0.05) is 30.9 Å². The van der Waals surface area contributed by atoms with Crippen molar-refractivity contribution in [1.29, 1.82) is 0 Å². The van der Waals surface area contributed by atoms with Crippen LogP contribution in [0.4, 0.5) is 10.5 Å². The van der Waals surface area contributed by atoms with Gasteiger partial charge in [0.25, 0.3) is 0 Å². The molecular weight excluding hydrogens is 318 g/mol. The van der Waals surface area contributed by atoms with E-state index in [2.05, 4.69) is 10.2 Å². The second-order valence-electron chi connectivity index (χ2n) is 6.69. The molecule has 2 aliphatic rings. The van der Waals surface area contributed by atoms with Crippen LogP contribution >= 0.6 is 0 Å².